The van der Waals surface area contributed by atoms with Crippen LogP contribution in [0.25, 0.3) is 0 Å². The summed E-state index contributed by atoms with van der Waals surface area (Å²) in [6.45, 7) is 11.7. The summed E-state index contributed by atoms with van der Waals surface area (Å²) >= 11 is 1.87. The Bertz CT molecular complexity index is 968. The average molecular weight is 449 g/mol. The van der Waals surface area contributed by atoms with Crippen LogP contribution in [-0.4, -0.2) is 29.6 Å². The van der Waals surface area contributed by atoms with Crippen molar-refractivity contribution < 1.29 is 4.74 Å². The molecule has 1 saturated heterocycles. The minimum absolute atomic E-state index is 0.0706. The Kier molecular flexibility index (Phi) is 7.14. The van der Waals surface area contributed by atoms with Gasteiger partial charge in [-0.1, -0.05) is 42.5 Å². The molecule has 0 radical (unpaired) electrons. The highest BCUT2D eigenvalue weighted by atomic mass is 32.1. The van der Waals surface area contributed by atoms with E-state index < -0.39 is 0 Å². The second-order valence-corrected chi connectivity index (χ2v) is 10.6. The van der Waals surface area contributed by atoms with Crippen LogP contribution in [0.1, 0.15) is 61.4 Å². The van der Waals surface area contributed by atoms with Crippen LogP contribution in [0.5, 0.6) is 0 Å². The summed E-state index contributed by atoms with van der Waals surface area (Å²) in [4.78, 5) is 8.71. The molecule has 0 N–H and O–H groups in total. The number of ether oxygens (including phenoxy) is 1. The topological polar surface area (TPSA) is 25.4 Å². The van der Waals surface area contributed by atoms with Crippen molar-refractivity contribution >= 4 is 11.3 Å². The predicted octanol–water partition coefficient (Wildman–Crippen LogP) is 6.79. The molecule has 0 aliphatic carbocycles. The van der Waals surface area contributed by atoms with Crippen molar-refractivity contribution in [1.29, 1.82) is 0 Å². The van der Waals surface area contributed by atoms with Crippen LogP contribution in [-0.2, 0) is 16.7 Å². The fourth-order valence-corrected chi connectivity index (χ4v) is 5.89. The number of hydrogen-bond acceptors (Lipinski definition) is 4. The minimum atomic E-state index is -0.0706. The van der Waals surface area contributed by atoms with Crippen LogP contribution in [0.15, 0.2) is 66.2 Å². The molecule has 1 fully saturated rings. The van der Waals surface area contributed by atoms with Crippen molar-refractivity contribution in [2.45, 2.75) is 58.6 Å². The molecular weight excluding hydrogens is 412 g/mol. The first-order valence-electron chi connectivity index (χ1n) is 11.8. The zero-order chi connectivity index (χ0) is 22.6. The zero-order valence-corrected chi connectivity index (χ0v) is 20.7. The zero-order valence-electron chi connectivity index (χ0n) is 19.9. The smallest absolute Gasteiger partial charge is 0.0893 e. The lowest BCUT2D eigenvalue weighted by Gasteiger charge is -2.41. The average Bonchev–Trinajstić information content (AvgIpc) is 3.48. The van der Waals surface area contributed by atoms with E-state index in [0.717, 1.165) is 44.7 Å². The fraction of sp³-hybridized carbons (Fsp3) is 0.464. The SMILES string of the molecule is CCOC(c1ccccc1)C1(CCc2cccs2)CCN(C(C)(C)c2ccc(C)nc2)C1. The van der Waals surface area contributed by atoms with E-state index in [9.17, 15) is 0 Å². The molecular formula is C28H36N2OS. The van der Waals surface area contributed by atoms with Crippen LogP contribution in [0.4, 0.5) is 0 Å². The van der Waals surface area contributed by atoms with E-state index in [0.29, 0.717) is 0 Å². The van der Waals surface area contributed by atoms with E-state index in [2.05, 4.69) is 104 Å². The number of aryl methyl sites for hydroxylation is 2. The molecule has 2 unspecified atom stereocenters. The lowest BCUT2D eigenvalue weighted by molar-refractivity contribution is -0.0435. The molecule has 1 aromatic carbocycles. The minimum Gasteiger partial charge on any atom is -0.373 e. The van der Waals surface area contributed by atoms with E-state index >= 15 is 0 Å². The van der Waals surface area contributed by atoms with Gasteiger partial charge in [0, 0.05) is 40.9 Å². The lowest BCUT2D eigenvalue weighted by atomic mass is 9.74. The van der Waals surface area contributed by atoms with E-state index in [1.165, 1.54) is 16.0 Å². The molecule has 3 nitrogen and oxygen atoms in total. The van der Waals surface area contributed by atoms with Crippen LogP contribution in [0.3, 0.4) is 0 Å². The molecule has 4 heteroatoms. The summed E-state index contributed by atoms with van der Waals surface area (Å²) in [5.41, 5.74) is 3.66. The Labute approximate surface area is 197 Å². The Morgan fingerprint density at radius 2 is 1.94 bits per heavy atom. The molecule has 1 aliphatic rings. The van der Waals surface area contributed by atoms with Gasteiger partial charge in [-0.3, -0.25) is 9.88 Å². The first-order chi connectivity index (χ1) is 15.4. The Morgan fingerprint density at radius 1 is 1.12 bits per heavy atom. The second-order valence-electron chi connectivity index (χ2n) is 9.61. The van der Waals surface area contributed by atoms with Gasteiger partial charge in [0.05, 0.1) is 6.10 Å². The summed E-state index contributed by atoms with van der Waals surface area (Å²) in [5, 5.41) is 2.19. The lowest BCUT2D eigenvalue weighted by Crippen LogP contribution is -2.43. The molecule has 170 valence electrons. The van der Waals surface area contributed by atoms with E-state index in [4.69, 9.17) is 4.74 Å². The Morgan fingerprint density at radius 3 is 2.59 bits per heavy atom. The third kappa shape index (κ3) is 4.83. The van der Waals surface area contributed by atoms with Gasteiger partial charge >= 0.3 is 0 Å². The fourth-order valence-electron chi connectivity index (χ4n) is 5.18. The summed E-state index contributed by atoms with van der Waals surface area (Å²) in [5.74, 6) is 0. The number of thiophene rings is 1. The van der Waals surface area contributed by atoms with E-state index in [1.54, 1.807) is 0 Å². The first-order valence-corrected chi connectivity index (χ1v) is 12.7. The highest BCUT2D eigenvalue weighted by molar-refractivity contribution is 7.09. The van der Waals surface area contributed by atoms with Crippen molar-refractivity contribution in [3.05, 3.63) is 87.9 Å². The largest absolute Gasteiger partial charge is 0.373 e. The number of nitrogens with zero attached hydrogens (tertiary/aromatic N) is 2. The molecule has 32 heavy (non-hydrogen) atoms. The highest BCUT2D eigenvalue weighted by Gasteiger charge is 2.48. The van der Waals surface area contributed by atoms with Gasteiger partial charge in [0.2, 0.25) is 0 Å². The molecule has 3 heterocycles. The van der Waals surface area contributed by atoms with Gasteiger partial charge in [0.15, 0.2) is 0 Å². The van der Waals surface area contributed by atoms with Crippen LogP contribution in [0, 0.1) is 12.3 Å². The molecule has 0 bridgehead atoms. The monoisotopic (exact) mass is 448 g/mol. The molecule has 0 saturated carbocycles. The van der Waals surface area contributed by atoms with Crippen LogP contribution < -0.4 is 0 Å². The maximum atomic E-state index is 6.53. The van der Waals surface area contributed by atoms with Gasteiger partial charge < -0.3 is 4.74 Å². The highest BCUT2D eigenvalue weighted by Crippen LogP contribution is 2.50. The van der Waals surface area contributed by atoms with Gasteiger partial charge in [0.25, 0.3) is 0 Å². The second kappa shape index (κ2) is 9.86. The first kappa shape index (κ1) is 23.2. The molecule has 2 aromatic heterocycles. The third-order valence-corrected chi connectivity index (χ3v) is 8.17. The molecule has 3 aromatic rings. The van der Waals surface area contributed by atoms with Gasteiger partial charge in [-0.25, -0.2) is 0 Å². The summed E-state index contributed by atoms with van der Waals surface area (Å²) in [6, 6.07) is 19.7. The number of benzene rings is 1. The van der Waals surface area contributed by atoms with Gasteiger partial charge in [0.1, 0.15) is 0 Å². The maximum absolute atomic E-state index is 6.53. The third-order valence-electron chi connectivity index (χ3n) is 7.23. The number of rotatable bonds is 9. The van der Waals surface area contributed by atoms with Gasteiger partial charge in [-0.15, -0.1) is 11.3 Å². The number of aromatic nitrogens is 1. The van der Waals surface area contributed by atoms with Gasteiger partial charge in [-0.2, -0.15) is 0 Å². The number of pyridine rings is 1. The van der Waals surface area contributed by atoms with E-state index in [1.807, 2.05) is 11.3 Å². The summed E-state index contributed by atoms with van der Waals surface area (Å²) < 4.78 is 6.53. The standard InChI is InChI=1S/C28H36N2OS/c1-5-31-26(23-10-7-6-8-11-23)28(16-15-25-12-9-19-32-25)17-18-30(21-28)27(3,4)24-14-13-22(2)29-20-24/h6-14,19-20,26H,5,15-18,21H2,1-4H3. The molecule has 1 aliphatic heterocycles. The molecule has 4 rings (SSSR count). The van der Waals surface area contributed by atoms with E-state index in [-0.39, 0.29) is 17.1 Å². The molecule has 0 amide bonds. The predicted molar refractivity (Wildman–Crippen MR) is 134 cm³/mol. The van der Waals surface area contributed by atoms with Crippen molar-refractivity contribution in [3.63, 3.8) is 0 Å². The summed E-state index contributed by atoms with van der Waals surface area (Å²) in [6.07, 6.45) is 5.53. The summed E-state index contributed by atoms with van der Waals surface area (Å²) in [7, 11) is 0. The molecule has 2 atom stereocenters. The van der Waals surface area contributed by atoms with Crippen LogP contribution in [0.2, 0.25) is 0 Å². The Hall–Kier alpha value is -2.01. The number of hydrogen-bond donors (Lipinski definition) is 0. The van der Waals surface area contributed by atoms with Crippen molar-refractivity contribution in [2.24, 2.45) is 5.41 Å². The van der Waals surface area contributed by atoms with Gasteiger partial charge in [-0.05, 0) is 82.1 Å². The number of likely N-dealkylation sites (tertiary alicyclic amines) is 1. The van der Waals surface area contributed by atoms with Crippen molar-refractivity contribution in [2.75, 3.05) is 19.7 Å². The Balaban J connectivity index is 1.65. The van der Waals surface area contributed by atoms with Crippen LogP contribution >= 0.6 is 11.3 Å². The quantitative estimate of drug-likeness (QED) is 0.360. The molecule has 0 spiro atoms. The van der Waals surface area contributed by atoms with Crippen molar-refractivity contribution in [3.8, 4) is 0 Å². The normalized spacial score (nSPS) is 20.5. The maximum Gasteiger partial charge on any atom is 0.0893 e. The van der Waals surface area contributed by atoms with Crippen molar-refractivity contribution in [1.82, 2.24) is 9.88 Å².